The van der Waals surface area contributed by atoms with Crippen molar-refractivity contribution >= 4 is 33.6 Å². The first kappa shape index (κ1) is 14.8. The van der Waals surface area contributed by atoms with Crippen LogP contribution in [0.3, 0.4) is 0 Å². The zero-order chi connectivity index (χ0) is 14.5. The van der Waals surface area contributed by atoms with Crippen LogP contribution in [0, 0.1) is 0 Å². The molecule has 0 spiro atoms. The molecule has 2 N–H and O–H groups in total. The number of carbonyl (C=O) groups excluding carboxylic acids is 1. The van der Waals surface area contributed by atoms with Crippen LogP contribution >= 0.6 is 15.9 Å². The van der Waals surface area contributed by atoms with Gasteiger partial charge in [0.1, 0.15) is 0 Å². The largest absolute Gasteiger partial charge is 0.480 e. The highest BCUT2D eigenvalue weighted by atomic mass is 79.9. The summed E-state index contributed by atoms with van der Waals surface area (Å²) >= 11 is 3.34. The SMILES string of the molecule is O=C(O)CN1CCN(C(=O)Nc2ccc(Br)cc2)CC1. The molecule has 1 saturated heterocycles. The standard InChI is InChI=1S/C13H16BrN3O3/c14-10-1-3-11(4-2-10)15-13(20)17-7-5-16(6-8-17)9-12(18)19/h1-4H,5-9H2,(H,15,20)(H,18,19). The molecule has 0 aromatic heterocycles. The molecule has 0 radical (unpaired) electrons. The number of aliphatic carboxylic acids is 1. The number of hydrogen-bond acceptors (Lipinski definition) is 3. The fourth-order valence-corrected chi connectivity index (χ4v) is 2.30. The summed E-state index contributed by atoms with van der Waals surface area (Å²) in [4.78, 5) is 26.2. The van der Waals surface area contributed by atoms with E-state index in [0.29, 0.717) is 26.2 Å². The van der Waals surface area contributed by atoms with E-state index in [1.807, 2.05) is 29.2 Å². The van der Waals surface area contributed by atoms with Crippen LogP contribution in [0.5, 0.6) is 0 Å². The summed E-state index contributed by atoms with van der Waals surface area (Å²) in [5.41, 5.74) is 0.742. The van der Waals surface area contributed by atoms with Gasteiger partial charge in [0.05, 0.1) is 6.54 Å². The second-order valence-electron chi connectivity index (χ2n) is 4.59. The lowest BCUT2D eigenvalue weighted by molar-refractivity contribution is -0.138. The number of amides is 2. The van der Waals surface area contributed by atoms with Crippen molar-refractivity contribution in [2.75, 3.05) is 38.0 Å². The predicted octanol–water partition coefficient (Wildman–Crippen LogP) is 1.68. The fraction of sp³-hybridized carbons (Fsp3) is 0.385. The minimum atomic E-state index is -0.835. The monoisotopic (exact) mass is 341 g/mol. The average molecular weight is 342 g/mol. The van der Waals surface area contributed by atoms with Crippen molar-refractivity contribution in [2.24, 2.45) is 0 Å². The average Bonchev–Trinajstić information content (AvgIpc) is 2.41. The molecule has 1 aliphatic heterocycles. The van der Waals surface area contributed by atoms with Crippen LogP contribution in [0.25, 0.3) is 0 Å². The zero-order valence-electron chi connectivity index (χ0n) is 10.9. The number of anilines is 1. The Bertz CT molecular complexity index is 484. The maximum Gasteiger partial charge on any atom is 0.321 e. The Hall–Kier alpha value is -1.60. The highest BCUT2D eigenvalue weighted by Crippen LogP contribution is 2.15. The van der Waals surface area contributed by atoms with E-state index in [0.717, 1.165) is 10.2 Å². The molecule has 0 aliphatic carbocycles. The second-order valence-corrected chi connectivity index (χ2v) is 5.51. The number of nitrogens with one attached hydrogen (secondary N) is 1. The van der Waals surface area contributed by atoms with Gasteiger partial charge in [-0.05, 0) is 24.3 Å². The van der Waals surface area contributed by atoms with Gasteiger partial charge in [0.2, 0.25) is 0 Å². The summed E-state index contributed by atoms with van der Waals surface area (Å²) in [7, 11) is 0. The van der Waals surface area contributed by atoms with Crippen LogP contribution in [0.15, 0.2) is 28.7 Å². The lowest BCUT2D eigenvalue weighted by Gasteiger charge is -2.33. The van der Waals surface area contributed by atoms with E-state index >= 15 is 0 Å². The number of piperazine rings is 1. The summed E-state index contributed by atoms with van der Waals surface area (Å²) in [6, 6.07) is 7.22. The minimum Gasteiger partial charge on any atom is -0.480 e. The lowest BCUT2D eigenvalue weighted by Crippen LogP contribution is -2.51. The molecule has 2 rings (SSSR count). The second kappa shape index (κ2) is 6.71. The van der Waals surface area contributed by atoms with Gasteiger partial charge in [-0.3, -0.25) is 9.69 Å². The molecule has 1 aliphatic rings. The molecule has 6 nitrogen and oxygen atoms in total. The van der Waals surface area contributed by atoms with Gasteiger partial charge >= 0.3 is 12.0 Å². The Labute approximate surface area is 125 Å². The molecule has 2 amide bonds. The van der Waals surface area contributed by atoms with Gasteiger partial charge in [-0.25, -0.2) is 4.79 Å². The molecule has 0 saturated carbocycles. The van der Waals surface area contributed by atoms with Gasteiger partial charge in [0, 0.05) is 36.3 Å². The first-order valence-electron chi connectivity index (χ1n) is 6.30. The summed E-state index contributed by atoms with van der Waals surface area (Å²) < 4.78 is 0.956. The highest BCUT2D eigenvalue weighted by molar-refractivity contribution is 9.10. The van der Waals surface area contributed by atoms with Gasteiger partial charge in [-0.2, -0.15) is 0 Å². The summed E-state index contributed by atoms with van der Waals surface area (Å²) in [5, 5.41) is 11.5. The number of halogens is 1. The van der Waals surface area contributed by atoms with E-state index in [2.05, 4.69) is 21.2 Å². The normalized spacial score (nSPS) is 15.9. The van der Waals surface area contributed by atoms with Crippen molar-refractivity contribution in [2.45, 2.75) is 0 Å². The number of carboxylic acid groups (broad SMARTS) is 1. The number of rotatable bonds is 3. The molecule has 1 aromatic carbocycles. The van der Waals surface area contributed by atoms with E-state index in [9.17, 15) is 9.59 Å². The Kier molecular flexibility index (Phi) is 4.97. The van der Waals surface area contributed by atoms with Gasteiger partial charge < -0.3 is 15.3 Å². The van der Waals surface area contributed by atoms with Crippen LogP contribution in [0.4, 0.5) is 10.5 Å². The third-order valence-corrected chi connectivity index (χ3v) is 3.64. The molecule has 1 fully saturated rings. The Morgan fingerprint density at radius 1 is 1.15 bits per heavy atom. The van der Waals surface area contributed by atoms with Gasteiger partial charge in [0.25, 0.3) is 0 Å². The topological polar surface area (TPSA) is 72.9 Å². The molecular formula is C13H16BrN3O3. The number of nitrogens with zero attached hydrogens (tertiary/aromatic N) is 2. The third-order valence-electron chi connectivity index (χ3n) is 3.11. The van der Waals surface area contributed by atoms with Crippen molar-refractivity contribution < 1.29 is 14.7 Å². The third kappa shape index (κ3) is 4.21. The smallest absolute Gasteiger partial charge is 0.321 e. The van der Waals surface area contributed by atoms with Crippen LogP contribution < -0.4 is 5.32 Å². The van der Waals surface area contributed by atoms with Crippen molar-refractivity contribution in [3.63, 3.8) is 0 Å². The molecule has 1 heterocycles. The first-order valence-corrected chi connectivity index (χ1v) is 7.09. The van der Waals surface area contributed by atoms with Crippen molar-refractivity contribution in [3.8, 4) is 0 Å². The van der Waals surface area contributed by atoms with Crippen LogP contribution in [-0.4, -0.2) is 59.6 Å². The molecule has 0 bridgehead atoms. The summed E-state index contributed by atoms with van der Waals surface area (Å²) in [6.45, 7) is 2.27. The van der Waals surface area contributed by atoms with Crippen LogP contribution in [-0.2, 0) is 4.79 Å². The van der Waals surface area contributed by atoms with Crippen LogP contribution in [0.2, 0.25) is 0 Å². The van der Waals surface area contributed by atoms with Crippen molar-refractivity contribution in [3.05, 3.63) is 28.7 Å². The van der Waals surface area contributed by atoms with Crippen LogP contribution in [0.1, 0.15) is 0 Å². The predicted molar refractivity (Wildman–Crippen MR) is 78.8 cm³/mol. The summed E-state index contributed by atoms with van der Waals surface area (Å²) in [6.07, 6.45) is 0. The van der Waals surface area contributed by atoms with E-state index in [4.69, 9.17) is 5.11 Å². The van der Waals surface area contributed by atoms with E-state index in [1.54, 1.807) is 4.90 Å². The molecule has 0 atom stereocenters. The maximum atomic E-state index is 12.0. The van der Waals surface area contributed by atoms with E-state index in [1.165, 1.54) is 0 Å². The van der Waals surface area contributed by atoms with Gasteiger partial charge in [0.15, 0.2) is 0 Å². The highest BCUT2D eigenvalue weighted by Gasteiger charge is 2.22. The number of carboxylic acids is 1. The molecule has 108 valence electrons. The molecule has 7 heteroatoms. The zero-order valence-corrected chi connectivity index (χ0v) is 12.5. The maximum absolute atomic E-state index is 12.0. The van der Waals surface area contributed by atoms with Gasteiger partial charge in [-0.15, -0.1) is 0 Å². The number of urea groups is 1. The fourth-order valence-electron chi connectivity index (χ4n) is 2.04. The number of hydrogen-bond donors (Lipinski definition) is 2. The Morgan fingerprint density at radius 2 is 1.75 bits per heavy atom. The Morgan fingerprint density at radius 3 is 2.30 bits per heavy atom. The molecule has 20 heavy (non-hydrogen) atoms. The van der Waals surface area contributed by atoms with Gasteiger partial charge in [-0.1, -0.05) is 15.9 Å². The van der Waals surface area contributed by atoms with E-state index < -0.39 is 5.97 Å². The van der Waals surface area contributed by atoms with Crippen molar-refractivity contribution in [1.82, 2.24) is 9.80 Å². The molecular weight excluding hydrogens is 326 g/mol. The number of benzene rings is 1. The molecule has 0 unspecified atom stereocenters. The minimum absolute atomic E-state index is 0.0299. The van der Waals surface area contributed by atoms with E-state index in [-0.39, 0.29) is 12.6 Å². The Balaban J connectivity index is 1.82. The lowest BCUT2D eigenvalue weighted by atomic mass is 10.3. The quantitative estimate of drug-likeness (QED) is 0.877. The number of carbonyl (C=O) groups is 2. The molecule has 1 aromatic rings. The summed E-state index contributed by atoms with van der Waals surface area (Å²) in [5.74, 6) is -0.835. The van der Waals surface area contributed by atoms with Crippen molar-refractivity contribution in [1.29, 1.82) is 0 Å². The first-order chi connectivity index (χ1) is 9.54.